The largest absolute Gasteiger partial charge is 0.355 e. The summed E-state index contributed by atoms with van der Waals surface area (Å²) in [5.41, 5.74) is 1.00. The molecule has 2 amide bonds. The molecule has 0 aliphatic heterocycles. The van der Waals surface area contributed by atoms with Crippen LogP contribution in [0.4, 0.5) is 10.1 Å². The number of amides is 2. The smallest absolute Gasteiger partial charge is 0.244 e. The second kappa shape index (κ2) is 11.3. The van der Waals surface area contributed by atoms with Crippen molar-refractivity contribution in [1.29, 1.82) is 0 Å². The first-order valence-electron chi connectivity index (χ1n) is 11.4. The second-order valence-corrected chi connectivity index (χ2v) is 10.1. The molecule has 7 nitrogen and oxygen atoms in total. The SMILES string of the molecule is CCNC(=O)C(CC)N(Cc1ccc(F)cc1)C(=O)CN(c1cccc2ccccc12)S(C)(=O)=O. The quantitative estimate of drug-likeness (QED) is 0.461. The Morgan fingerprint density at radius 2 is 1.63 bits per heavy atom. The number of halogens is 1. The minimum Gasteiger partial charge on any atom is -0.355 e. The van der Waals surface area contributed by atoms with Crippen molar-refractivity contribution >= 4 is 38.3 Å². The van der Waals surface area contributed by atoms with E-state index in [1.165, 1.54) is 17.0 Å². The van der Waals surface area contributed by atoms with Crippen LogP contribution in [0.2, 0.25) is 0 Å². The molecule has 3 aromatic rings. The monoisotopic (exact) mass is 499 g/mol. The number of anilines is 1. The van der Waals surface area contributed by atoms with Crippen molar-refractivity contribution in [2.75, 3.05) is 23.7 Å². The summed E-state index contributed by atoms with van der Waals surface area (Å²) in [6, 6.07) is 17.4. The first-order valence-corrected chi connectivity index (χ1v) is 13.3. The number of carbonyl (C=O) groups excluding carboxylic acids is 2. The Labute approximate surface area is 205 Å². The van der Waals surface area contributed by atoms with Crippen LogP contribution in [-0.4, -0.2) is 50.5 Å². The van der Waals surface area contributed by atoms with E-state index < -0.39 is 34.3 Å². The van der Waals surface area contributed by atoms with Crippen LogP contribution in [0.5, 0.6) is 0 Å². The number of carbonyl (C=O) groups is 2. The Hall–Kier alpha value is -3.46. The molecule has 0 radical (unpaired) electrons. The fourth-order valence-corrected chi connectivity index (χ4v) is 4.88. The molecule has 1 unspecified atom stereocenters. The summed E-state index contributed by atoms with van der Waals surface area (Å²) in [5.74, 6) is -1.28. The highest BCUT2D eigenvalue weighted by Gasteiger charge is 2.32. The summed E-state index contributed by atoms with van der Waals surface area (Å²) in [6.07, 6.45) is 1.37. The van der Waals surface area contributed by atoms with E-state index in [0.29, 0.717) is 29.6 Å². The first kappa shape index (κ1) is 26.2. The van der Waals surface area contributed by atoms with Gasteiger partial charge in [-0.2, -0.15) is 0 Å². The number of benzene rings is 3. The minimum atomic E-state index is -3.84. The second-order valence-electron chi connectivity index (χ2n) is 8.23. The van der Waals surface area contributed by atoms with Crippen LogP contribution in [0.3, 0.4) is 0 Å². The van der Waals surface area contributed by atoms with Gasteiger partial charge in [0.25, 0.3) is 0 Å². The van der Waals surface area contributed by atoms with E-state index in [-0.39, 0.29) is 12.5 Å². The Balaban J connectivity index is 2.02. The van der Waals surface area contributed by atoms with E-state index in [0.717, 1.165) is 15.9 Å². The van der Waals surface area contributed by atoms with Gasteiger partial charge in [0.15, 0.2) is 0 Å². The van der Waals surface area contributed by atoms with Gasteiger partial charge in [-0.15, -0.1) is 0 Å². The number of hydrogen-bond donors (Lipinski definition) is 1. The molecule has 0 bridgehead atoms. The van der Waals surface area contributed by atoms with Crippen LogP contribution in [0, 0.1) is 5.82 Å². The van der Waals surface area contributed by atoms with Crippen molar-refractivity contribution in [3.8, 4) is 0 Å². The van der Waals surface area contributed by atoms with E-state index >= 15 is 0 Å². The van der Waals surface area contributed by atoms with Crippen molar-refractivity contribution < 1.29 is 22.4 Å². The molecular weight excluding hydrogens is 469 g/mol. The van der Waals surface area contributed by atoms with Gasteiger partial charge in [-0.05, 0) is 42.5 Å². The van der Waals surface area contributed by atoms with Gasteiger partial charge >= 0.3 is 0 Å². The van der Waals surface area contributed by atoms with E-state index in [4.69, 9.17) is 0 Å². The average Bonchev–Trinajstić information content (AvgIpc) is 2.82. The maximum Gasteiger partial charge on any atom is 0.244 e. The standard InChI is InChI=1S/C26H30FN3O4S/c1-4-23(26(32)28-5-2)29(17-19-13-15-21(27)16-14-19)25(31)18-30(35(3,33)34)24-12-8-10-20-9-6-7-11-22(20)24/h6-16,23H,4-5,17-18H2,1-3H3,(H,28,32). The predicted molar refractivity (Wildman–Crippen MR) is 136 cm³/mol. The summed E-state index contributed by atoms with van der Waals surface area (Å²) >= 11 is 0. The third-order valence-corrected chi connectivity index (χ3v) is 6.84. The Kier molecular flexibility index (Phi) is 8.45. The molecule has 0 aliphatic carbocycles. The van der Waals surface area contributed by atoms with Crippen molar-refractivity contribution in [3.05, 3.63) is 78.1 Å². The lowest BCUT2D eigenvalue weighted by molar-refractivity contribution is -0.140. The van der Waals surface area contributed by atoms with E-state index in [1.807, 2.05) is 18.2 Å². The zero-order valence-electron chi connectivity index (χ0n) is 20.1. The molecule has 3 rings (SSSR count). The molecule has 186 valence electrons. The number of nitrogens with zero attached hydrogens (tertiary/aromatic N) is 2. The molecule has 9 heteroatoms. The summed E-state index contributed by atoms with van der Waals surface area (Å²) in [6.45, 7) is 3.50. The van der Waals surface area contributed by atoms with Gasteiger partial charge in [-0.25, -0.2) is 12.8 Å². The summed E-state index contributed by atoms with van der Waals surface area (Å²) < 4.78 is 40.2. The fraction of sp³-hybridized carbons (Fsp3) is 0.308. The van der Waals surface area contributed by atoms with Crippen LogP contribution in [0.25, 0.3) is 10.8 Å². The zero-order chi connectivity index (χ0) is 25.6. The summed E-state index contributed by atoms with van der Waals surface area (Å²) in [7, 11) is -3.84. The number of likely N-dealkylation sites (N-methyl/N-ethyl adjacent to an activating group) is 1. The molecule has 1 N–H and O–H groups in total. The normalized spacial score (nSPS) is 12.2. The number of hydrogen-bond acceptors (Lipinski definition) is 4. The van der Waals surface area contributed by atoms with Gasteiger partial charge in [0, 0.05) is 18.5 Å². The van der Waals surface area contributed by atoms with Gasteiger partial charge < -0.3 is 10.2 Å². The Morgan fingerprint density at radius 1 is 0.971 bits per heavy atom. The maximum absolute atomic E-state index is 13.7. The van der Waals surface area contributed by atoms with Crippen LogP contribution in [-0.2, 0) is 26.2 Å². The predicted octanol–water partition coefficient (Wildman–Crippen LogP) is 3.69. The van der Waals surface area contributed by atoms with Gasteiger partial charge in [0.2, 0.25) is 21.8 Å². The van der Waals surface area contributed by atoms with E-state index in [1.54, 1.807) is 50.2 Å². The van der Waals surface area contributed by atoms with Gasteiger partial charge in [-0.1, -0.05) is 55.5 Å². The molecule has 0 saturated heterocycles. The topological polar surface area (TPSA) is 86.8 Å². The van der Waals surface area contributed by atoms with Crippen molar-refractivity contribution in [3.63, 3.8) is 0 Å². The Bertz CT molecular complexity index is 1290. The summed E-state index contributed by atoms with van der Waals surface area (Å²) in [5, 5.41) is 4.27. The van der Waals surface area contributed by atoms with Crippen LogP contribution in [0.15, 0.2) is 66.7 Å². The molecule has 1 atom stereocenters. The van der Waals surface area contributed by atoms with Gasteiger partial charge in [-0.3, -0.25) is 13.9 Å². The highest BCUT2D eigenvalue weighted by atomic mass is 32.2. The van der Waals surface area contributed by atoms with Crippen molar-refractivity contribution in [1.82, 2.24) is 10.2 Å². The Morgan fingerprint density at radius 3 is 2.26 bits per heavy atom. The number of rotatable bonds is 10. The van der Waals surface area contributed by atoms with Crippen molar-refractivity contribution in [2.24, 2.45) is 0 Å². The van der Waals surface area contributed by atoms with E-state index in [9.17, 15) is 22.4 Å². The van der Waals surface area contributed by atoms with Crippen LogP contribution >= 0.6 is 0 Å². The van der Waals surface area contributed by atoms with Crippen LogP contribution < -0.4 is 9.62 Å². The first-order chi connectivity index (χ1) is 16.7. The lowest BCUT2D eigenvalue weighted by atomic mass is 10.1. The molecule has 35 heavy (non-hydrogen) atoms. The van der Waals surface area contributed by atoms with Crippen molar-refractivity contribution in [2.45, 2.75) is 32.9 Å². The number of nitrogens with one attached hydrogen (secondary N) is 1. The lowest BCUT2D eigenvalue weighted by Crippen LogP contribution is -2.52. The molecular formula is C26H30FN3O4S. The third kappa shape index (κ3) is 6.36. The maximum atomic E-state index is 13.7. The minimum absolute atomic E-state index is 0.0297. The molecule has 3 aromatic carbocycles. The highest BCUT2D eigenvalue weighted by molar-refractivity contribution is 7.92. The fourth-order valence-electron chi connectivity index (χ4n) is 4.02. The van der Waals surface area contributed by atoms with Crippen LogP contribution in [0.1, 0.15) is 25.8 Å². The number of sulfonamides is 1. The lowest BCUT2D eigenvalue weighted by Gasteiger charge is -2.33. The number of fused-ring (bicyclic) bond motifs is 1. The third-order valence-electron chi connectivity index (χ3n) is 5.72. The summed E-state index contributed by atoms with van der Waals surface area (Å²) in [4.78, 5) is 27.8. The molecule has 0 heterocycles. The highest BCUT2D eigenvalue weighted by Crippen LogP contribution is 2.28. The molecule has 0 spiro atoms. The van der Waals surface area contributed by atoms with Gasteiger partial charge in [0.05, 0.1) is 11.9 Å². The molecule has 0 aromatic heterocycles. The van der Waals surface area contributed by atoms with Gasteiger partial charge in [0.1, 0.15) is 18.4 Å². The zero-order valence-corrected chi connectivity index (χ0v) is 20.9. The van der Waals surface area contributed by atoms with E-state index in [2.05, 4.69) is 5.32 Å². The molecule has 0 fully saturated rings. The average molecular weight is 500 g/mol. The molecule has 0 aliphatic rings. The molecule has 0 saturated carbocycles.